The highest BCUT2D eigenvalue weighted by molar-refractivity contribution is 7.99. The first-order valence-electron chi connectivity index (χ1n) is 9.59. The standard InChI is InChI=1S/C21H25N3OS2/c1-4-12-26-21-22-19-18(20(25)24(21)15-8-6-5-7-9-15)16-10-11-23(14(2)3)13-17(16)27-19/h5-9,14H,4,10-13H2,1-3H3. The third-order valence-electron chi connectivity index (χ3n) is 5.05. The summed E-state index contributed by atoms with van der Waals surface area (Å²) in [5.74, 6) is 0.955. The Kier molecular flexibility index (Phi) is 5.39. The quantitative estimate of drug-likeness (QED) is 0.460. The molecule has 0 saturated carbocycles. The Morgan fingerprint density at radius 3 is 2.74 bits per heavy atom. The molecule has 1 aliphatic heterocycles. The van der Waals surface area contributed by atoms with E-state index in [1.807, 2.05) is 34.9 Å². The lowest BCUT2D eigenvalue weighted by atomic mass is 10.0. The van der Waals surface area contributed by atoms with Crippen molar-refractivity contribution in [2.24, 2.45) is 0 Å². The van der Waals surface area contributed by atoms with Crippen molar-refractivity contribution in [1.29, 1.82) is 0 Å². The SMILES string of the molecule is CCCSc1nc2sc3c(c2c(=O)n1-c1ccccc1)CCN(C(C)C)C3. The lowest BCUT2D eigenvalue weighted by molar-refractivity contribution is 0.206. The molecule has 0 radical (unpaired) electrons. The van der Waals surface area contributed by atoms with Crippen LogP contribution in [-0.4, -0.2) is 32.8 Å². The zero-order valence-corrected chi connectivity index (χ0v) is 17.7. The number of benzene rings is 1. The van der Waals surface area contributed by atoms with Gasteiger partial charge in [0.05, 0.1) is 11.1 Å². The number of fused-ring (bicyclic) bond motifs is 3. The molecule has 0 fully saturated rings. The van der Waals surface area contributed by atoms with E-state index in [4.69, 9.17) is 4.98 Å². The predicted molar refractivity (Wildman–Crippen MR) is 115 cm³/mol. The molecule has 4 rings (SSSR count). The molecule has 1 aliphatic rings. The van der Waals surface area contributed by atoms with E-state index in [9.17, 15) is 4.79 Å². The first-order valence-corrected chi connectivity index (χ1v) is 11.4. The van der Waals surface area contributed by atoms with Crippen LogP contribution in [0.1, 0.15) is 37.6 Å². The zero-order chi connectivity index (χ0) is 19.0. The largest absolute Gasteiger partial charge is 0.296 e. The van der Waals surface area contributed by atoms with Crippen LogP contribution in [0.3, 0.4) is 0 Å². The van der Waals surface area contributed by atoms with E-state index in [2.05, 4.69) is 25.7 Å². The van der Waals surface area contributed by atoms with Gasteiger partial charge in [0.1, 0.15) is 4.83 Å². The number of hydrogen-bond donors (Lipinski definition) is 0. The van der Waals surface area contributed by atoms with E-state index < -0.39 is 0 Å². The summed E-state index contributed by atoms with van der Waals surface area (Å²) < 4.78 is 1.81. The van der Waals surface area contributed by atoms with Gasteiger partial charge >= 0.3 is 0 Å². The summed E-state index contributed by atoms with van der Waals surface area (Å²) >= 11 is 3.38. The highest BCUT2D eigenvalue weighted by Crippen LogP contribution is 2.34. The summed E-state index contributed by atoms with van der Waals surface area (Å²) in [6, 6.07) is 10.4. The molecule has 0 N–H and O–H groups in total. The molecule has 0 saturated heterocycles. The molecular formula is C21H25N3OS2. The third kappa shape index (κ3) is 3.46. The van der Waals surface area contributed by atoms with Gasteiger partial charge in [0, 0.05) is 29.8 Å². The van der Waals surface area contributed by atoms with Gasteiger partial charge in [0.25, 0.3) is 5.56 Å². The van der Waals surface area contributed by atoms with Gasteiger partial charge in [-0.05, 0) is 44.4 Å². The Balaban J connectivity index is 1.91. The van der Waals surface area contributed by atoms with Crippen molar-refractivity contribution < 1.29 is 0 Å². The number of aromatic nitrogens is 2. The molecule has 27 heavy (non-hydrogen) atoms. The smallest absolute Gasteiger partial charge is 0.267 e. The summed E-state index contributed by atoms with van der Waals surface area (Å²) in [6.07, 6.45) is 1.98. The third-order valence-corrected chi connectivity index (χ3v) is 7.31. The molecule has 0 unspecified atom stereocenters. The van der Waals surface area contributed by atoms with Crippen LogP contribution >= 0.6 is 23.1 Å². The number of hydrogen-bond acceptors (Lipinski definition) is 5. The number of thioether (sulfide) groups is 1. The number of rotatable bonds is 5. The van der Waals surface area contributed by atoms with Crippen LogP contribution in [-0.2, 0) is 13.0 Å². The van der Waals surface area contributed by atoms with E-state index in [1.165, 1.54) is 10.4 Å². The number of thiophene rings is 1. The van der Waals surface area contributed by atoms with Gasteiger partial charge in [-0.3, -0.25) is 14.3 Å². The van der Waals surface area contributed by atoms with E-state index in [1.54, 1.807) is 23.1 Å². The second kappa shape index (κ2) is 7.78. The average Bonchev–Trinajstić information content (AvgIpc) is 3.04. The van der Waals surface area contributed by atoms with E-state index in [-0.39, 0.29) is 5.56 Å². The molecule has 0 spiro atoms. The normalized spacial score (nSPS) is 14.8. The molecule has 0 bridgehead atoms. The van der Waals surface area contributed by atoms with Crippen LogP contribution in [0.25, 0.3) is 15.9 Å². The monoisotopic (exact) mass is 399 g/mol. The number of nitrogens with zero attached hydrogens (tertiary/aromatic N) is 3. The molecule has 3 heterocycles. The number of para-hydroxylation sites is 1. The van der Waals surface area contributed by atoms with Crippen molar-refractivity contribution >= 4 is 33.3 Å². The molecule has 0 aliphatic carbocycles. The van der Waals surface area contributed by atoms with Gasteiger partial charge in [0.2, 0.25) is 0 Å². The maximum atomic E-state index is 13.6. The van der Waals surface area contributed by atoms with Gasteiger partial charge in [-0.1, -0.05) is 36.9 Å². The molecule has 6 heteroatoms. The van der Waals surface area contributed by atoms with Crippen LogP contribution in [0.15, 0.2) is 40.3 Å². The van der Waals surface area contributed by atoms with Crippen molar-refractivity contribution in [3.8, 4) is 5.69 Å². The van der Waals surface area contributed by atoms with E-state index in [0.29, 0.717) is 6.04 Å². The van der Waals surface area contributed by atoms with Gasteiger partial charge < -0.3 is 0 Å². The summed E-state index contributed by atoms with van der Waals surface area (Å²) in [7, 11) is 0. The highest BCUT2D eigenvalue weighted by Gasteiger charge is 2.26. The topological polar surface area (TPSA) is 38.1 Å². The maximum Gasteiger partial charge on any atom is 0.267 e. The molecule has 0 atom stereocenters. The Bertz CT molecular complexity index is 1010. The summed E-state index contributed by atoms with van der Waals surface area (Å²) in [5, 5.41) is 1.64. The fraction of sp³-hybridized carbons (Fsp3) is 0.429. The first-order chi connectivity index (χ1) is 13.1. The molecular weight excluding hydrogens is 374 g/mol. The second-order valence-corrected chi connectivity index (χ2v) is 9.36. The molecule has 1 aromatic carbocycles. The van der Waals surface area contributed by atoms with Crippen molar-refractivity contribution in [2.45, 2.75) is 51.4 Å². The summed E-state index contributed by atoms with van der Waals surface area (Å²) in [6.45, 7) is 8.56. The maximum absolute atomic E-state index is 13.6. The van der Waals surface area contributed by atoms with Crippen molar-refractivity contribution in [3.63, 3.8) is 0 Å². The van der Waals surface area contributed by atoms with Gasteiger partial charge in [-0.2, -0.15) is 0 Å². The molecule has 4 nitrogen and oxygen atoms in total. The van der Waals surface area contributed by atoms with Crippen LogP contribution < -0.4 is 5.56 Å². The van der Waals surface area contributed by atoms with E-state index >= 15 is 0 Å². The van der Waals surface area contributed by atoms with Crippen LogP contribution in [0.5, 0.6) is 0 Å². The predicted octanol–water partition coefficient (Wildman–Crippen LogP) is 4.72. The van der Waals surface area contributed by atoms with Crippen molar-refractivity contribution in [1.82, 2.24) is 14.5 Å². The average molecular weight is 400 g/mol. The minimum atomic E-state index is 0.0836. The lowest BCUT2D eigenvalue weighted by Crippen LogP contribution is -2.35. The Labute approximate surface area is 168 Å². The summed E-state index contributed by atoms with van der Waals surface area (Å²) in [4.78, 5) is 23.2. The Morgan fingerprint density at radius 2 is 2.04 bits per heavy atom. The molecule has 3 aromatic rings. The molecule has 0 amide bonds. The summed E-state index contributed by atoms with van der Waals surface area (Å²) in [5.41, 5.74) is 2.21. The van der Waals surface area contributed by atoms with Crippen molar-refractivity contribution in [2.75, 3.05) is 12.3 Å². The second-order valence-electron chi connectivity index (χ2n) is 7.22. The molecule has 2 aromatic heterocycles. The van der Waals surface area contributed by atoms with Crippen molar-refractivity contribution in [3.05, 3.63) is 51.1 Å². The Hall–Kier alpha value is -1.63. The minimum absolute atomic E-state index is 0.0836. The zero-order valence-electron chi connectivity index (χ0n) is 16.1. The Morgan fingerprint density at radius 1 is 1.26 bits per heavy atom. The van der Waals surface area contributed by atoms with Crippen LogP contribution in [0, 0.1) is 0 Å². The van der Waals surface area contributed by atoms with Gasteiger partial charge in [0.15, 0.2) is 5.16 Å². The van der Waals surface area contributed by atoms with Gasteiger partial charge in [-0.25, -0.2) is 4.98 Å². The highest BCUT2D eigenvalue weighted by atomic mass is 32.2. The minimum Gasteiger partial charge on any atom is -0.296 e. The fourth-order valence-electron chi connectivity index (χ4n) is 3.58. The fourth-order valence-corrected chi connectivity index (χ4v) is 5.73. The van der Waals surface area contributed by atoms with E-state index in [0.717, 1.165) is 52.7 Å². The molecule has 142 valence electrons. The lowest BCUT2D eigenvalue weighted by Gasteiger charge is -2.30. The van der Waals surface area contributed by atoms with Crippen LogP contribution in [0.4, 0.5) is 0 Å². The first kappa shape index (κ1) is 18.7. The van der Waals surface area contributed by atoms with Gasteiger partial charge in [-0.15, -0.1) is 11.3 Å². The van der Waals surface area contributed by atoms with Crippen LogP contribution in [0.2, 0.25) is 0 Å².